The Labute approximate surface area is 137 Å². The normalized spacial score (nSPS) is 18.6. The highest BCUT2D eigenvalue weighted by Gasteiger charge is 2.29. The average Bonchev–Trinajstić information content (AvgIpc) is 3.39. The molecule has 2 aliphatic rings. The van der Waals surface area contributed by atoms with Crippen LogP contribution in [0.15, 0.2) is 24.3 Å². The summed E-state index contributed by atoms with van der Waals surface area (Å²) in [7, 11) is 0. The van der Waals surface area contributed by atoms with E-state index in [1.54, 1.807) is 0 Å². The van der Waals surface area contributed by atoms with E-state index in [1.165, 1.54) is 18.5 Å². The maximum Gasteiger partial charge on any atom is 0.243 e. The van der Waals surface area contributed by atoms with Crippen molar-refractivity contribution in [2.24, 2.45) is 11.8 Å². The Bertz CT molecular complexity index is 558. The van der Waals surface area contributed by atoms with Crippen LogP contribution in [-0.4, -0.2) is 31.4 Å². The second-order valence-corrected chi connectivity index (χ2v) is 6.76. The molecule has 1 heterocycles. The molecule has 1 aliphatic heterocycles. The SMILES string of the molecule is CC1CCN(c2ccc(NC(=O)CNC(=O)C3CC3)cc2)CC1. The van der Waals surface area contributed by atoms with E-state index >= 15 is 0 Å². The lowest BCUT2D eigenvalue weighted by molar-refractivity contribution is -0.125. The third kappa shape index (κ3) is 4.47. The summed E-state index contributed by atoms with van der Waals surface area (Å²) in [6, 6.07) is 7.95. The number of nitrogens with one attached hydrogen (secondary N) is 2. The van der Waals surface area contributed by atoms with Gasteiger partial charge in [0.25, 0.3) is 0 Å². The predicted molar refractivity (Wildman–Crippen MR) is 91.4 cm³/mol. The van der Waals surface area contributed by atoms with Crippen molar-refractivity contribution < 1.29 is 9.59 Å². The zero-order chi connectivity index (χ0) is 16.2. The highest BCUT2D eigenvalue weighted by Crippen LogP contribution is 2.28. The van der Waals surface area contributed by atoms with Crippen LogP contribution in [0.3, 0.4) is 0 Å². The molecule has 5 nitrogen and oxygen atoms in total. The Morgan fingerprint density at radius 1 is 1.09 bits per heavy atom. The van der Waals surface area contributed by atoms with E-state index in [0.29, 0.717) is 0 Å². The fraction of sp³-hybridized carbons (Fsp3) is 0.556. The van der Waals surface area contributed by atoms with Gasteiger partial charge in [0, 0.05) is 30.4 Å². The summed E-state index contributed by atoms with van der Waals surface area (Å²) in [5, 5.41) is 5.49. The van der Waals surface area contributed by atoms with Gasteiger partial charge in [-0.15, -0.1) is 0 Å². The van der Waals surface area contributed by atoms with Crippen LogP contribution in [-0.2, 0) is 9.59 Å². The number of nitrogens with zero attached hydrogens (tertiary/aromatic N) is 1. The number of piperidine rings is 1. The number of amides is 2. The molecule has 1 aromatic carbocycles. The molecule has 1 saturated heterocycles. The summed E-state index contributed by atoms with van der Waals surface area (Å²) < 4.78 is 0. The van der Waals surface area contributed by atoms with Crippen LogP contribution in [0.4, 0.5) is 11.4 Å². The Kier molecular flexibility index (Phi) is 4.84. The molecule has 2 N–H and O–H groups in total. The molecule has 2 amide bonds. The molecule has 1 aliphatic carbocycles. The summed E-state index contributed by atoms with van der Waals surface area (Å²) in [6.07, 6.45) is 4.37. The van der Waals surface area contributed by atoms with Gasteiger partial charge in [0.05, 0.1) is 6.54 Å². The zero-order valence-electron chi connectivity index (χ0n) is 13.7. The number of hydrogen-bond donors (Lipinski definition) is 2. The first-order valence-electron chi connectivity index (χ1n) is 8.54. The second-order valence-electron chi connectivity index (χ2n) is 6.76. The minimum atomic E-state index is -0.182. The molecule has 3 rings (SSSR count). The van der Waals surface area contributed by atoms with Gasteiger partial charge in [-0.05, 0) is 55.9 Å². The maximum atomic E-state index is 11.8. The molecule has 2 fully saturated rings. The monoisotopic (exact) mass is 315 g/mol. The van der Waals surface area contributed by atoms with E-state index in [0.717, 1.165) is 37.5 Å². The van der Waals surface area contributed by atoms with Crippen molar-refractivity contribution in [2.75, 3.05) is 29.9 Å². The molecule has 0 atom stereocenters. The molecule has 1 aromatic rings. The molecule has 0 radical (unpaired) electrons. The van der Waals surface area contributed by atoms with Crippen LogP contribution in [0, 0.1) is 11.8 Å². The van der Waals surface area contributed by atoms with E-state index in [2.05, 4.69) is 22.5 Å². The lowest BCUT2D eigenvalue weighted by Crippen LogP contribution is -2.34. The van der Waals surface area contributed by atoms with Gasteiger partial charge in [-0.1, -0.05) is 6.92 Å². The minimum Gasteiger partial charge on any atom is -0.372 e. The van der Waals surface area contributed by atoms with E-state index in [4.69, 9.17) is 0 Å². The van der Waals surface area contributed by atoms with Crippen molar-refractivity contribution in [1.29, 1.82) is 0 Å². The zero-order valence-corrected chi connectivity index (χ0v) is 13.7. The van der Waals surface area contributed by atoms with Gasteiger partial charge in [-0.3, -0.25) is 9.59 Å². The number of hydrogen-bond acceptors (Lipinski definition) is 3. The Balaban J connectivity index is 1.46. The van der Waals surface area contributed by atoms with Crippen LogP contribution < -0.4 is 15.5 Å². The first-order chi connectivity index (χ1) is 11.1. The molecule has 5 heteroatoms. The first-order valence-corrected chi connectivity index (χ1v) is 8.54. The minimum absolute atomic E-state index is 0.00479. The van der Waals surface area contributed by atoms with E-state index in [1.807, 2.05) is 24.3 Å². The van der Waals surface area contributed by atoms with Crippen LogP contribution >= 0.6 is 0 Å². The Hall–Kier alpha value is -2.04. The van der Waals surface area contributed by atoms with Gasteiger partial charge in [0.2, 0.25) is 11.8 Å². The molecular weight excluding hydrogens is 290 g/mol. The summed E-state index contributed by atoms with van der Waals surface area (Å²) in [6.45, 7) is 4.54. The maximum absolute atomic E-state index is 11.8. The topological polar surface area (TPSA) is 61.4 Å². The largest absolute Gasteiger partial charge is 0.372 e. The number of rotatable bonds is 5. The van der Waals surface area contributed by atoms with Gasteiger partial charge in [0.1, 0.15) is 0 Å². The van der Waals surface area contributed by atoms with E-state index in [-0.39, 0.29) is 24.3 Å². The van der Waals surface area contributed by atoms with E-state index in [9.17, 15) is 9.59 Å². The average molecular weight is 315 g/mol. The van der Waals surface area contributed by atoms with Crippen molar-refractivity contribution in [1.82, 2.24) is 5.32 Å². The van der Waals surface area contributed by atoms with Crippen molar-refractivity contribution in [3.63, 3.8) is 0 Å². The molecule has 0 bridgehead atoms. The number of carbonyl (C=O) groups is 2. The standard InChI is InChI=1S/C18H25N3O2/c1-13-8-10-21(11-9-13)16-6-4-15(5-7-16)20-17(22)12-19-18(23)14-2-3-14/h4-7,13-14H,2-3,8-12H2,1H3,(H,19,23)(H,20,22). The summed E-state index contributed by atoms with van der Waals surface area (Å²) in [5.41, 5.74) is 1.97. The summed E-state index contributed by atoms with van der Waals surface area (Å²) >= 11 is 0. The third-order valence-corrected chi connectivity index (χ3v) is 4.67. The molecule has 124 valence electrons. The smallest absolute Gasteiger partial charge is 0.243 e. The molecule has 1 saturated carbocycles. The second kappa shape index (κ2) is 7.02. The third-order valence-electron chi connectivity index (χ3n) is 4.67. The number of anilines is 2. The van der Waals surface area contributed by atoms with Gasteiger partial charge >= 0.3 is 0 Å². The van der Waals surface area contributed by atoms with Crippen molar-refractivity contribution in [3.8, 4) is 0 Å². The summed E-state index contributed by atoms with van der Waals surface area (Å²) in [5.74, 6) is 0.762. The molecule has 0 spiro atoms. The lowest BCUT2D eigenvalue weighted by atomic mass is 9.99. The van der Waals surface area contributed by atoms with Crippen LogP contribution in [0.1, 0.15) is 32.6 Å². The van der Waals surface area contributed by atoms with Gasteiger partial charge in [0.15, 0.2) is 0 Å². The van der Waals surface area contributed by atoms with Crippen molar-refractivity contribution in [2.45, 2.75) is 32.6 Å². The van der Waals surface area contributed by atoms with Crippen LogP contribution in [0.25, 0.3) is 0 Å². The highest BCUT2D eigenvalue weighted by atomic mass is 16.2. The van der Waals surface area contributed by atoms with E-state index < -0.39 is 0 Å². The van der Waals surface area contributed by atoms with Crippen LogP contribution in [0.5, 0.6) is 0 Å². The fourth-order valence-electron chi connectivity index (χ4n) is 2.88. The van der Waals surface area contributed by atoms with Crippen molar-refractivity contribution in [3.05, 3.63) is 24.3 Å². The Morgan fingerprint density at radius 3 is 2.35 bits per heavy atom. The fourth-order valence-corrected chi connectivity index (χ4v) is 2.88. The highest BCUT2D eigenvalue weighted by molar-refractivity contribution is 5.95. The molecule has 23 heavy (non-hydrogen) atoms. The quantitative estimate of drug-likeness (QED) is 0.877. The molecule has 0 aromatic heterocycles. The van der Waals surface area contributed by atoms with Gasteiger partial charge < -0.3 is 15.5 Å². The van der Waals surface area contributed by atoms with Gasteiger partial charge in [-0.2, -0.15) is 0 Å². The molecular formula is C18H25N3O2. The lowest BCUT2D eigenvalue weighted by Gasteiger charge is -2.32. The Morgan fingerprint density at radius 2 is 1.74 bits per heavy atom. The number of carbonyl (C=O) groups excluding carboxylic acids is 2. The van der Waals surface area contributed by atoms with Gasteiger partial charge in [-0.25, -0.2) is 0 Å². The number of benzene rings is 1. The predicted octanol–water partition coefficient (Wildman–Crippen LogP) is 2.39. The first kappa shape index (κ1) is 15.8. The molecule has 0 unspecified atom stereocenters. The summed E-state index contributed by atoms with van der Waals surface area (Å²) in [4.78, 5) is 25.7. The van der Waals surface area contributed by atoms with Crippen molar-refractivity contribution >= 4 is 23.2 Å². The van der Waals surface area contributed by atoms with Crippen LogP contribution in [0.2, 0.25) is 0 Å².